The van der Waals surface area contributed by atoms with E-state index in [0.717, 1.165) is 34.2 Å². The SMILES string of the molecule is Cc1cc2c(N)nc(C3CSCCO3)nc2s1. The summed E-state index contributed by atoms with van der Waals surface area (Å²) >= 11 is 3.52. The summed E-state index contributed by atoms with van der Waals surface area (Å²) in [5, 5.41) is 0.958. The van der Waals surface area contributed by atoms with Crippen molar-refractivity contribution in [2.75, 3.05) is 23.8 Å². The van der Waals surface area contributed by atoms with Crippen LogP contribution in [0.5, 0.6) is 0 Å². The first-order chi connectivity index (χ1) is 8.24. The summed E-state index contributed by atoms with van der Waals surface area (Å²) in [6, 6.07) is 2.04. The summed E-state index contributed by atoms with van der Waals surface area (Å²) in [4.78, 5) is 11.1. The fourth-order valence-corrected chi connectivity index (χ4v) is 3.60. The molecule has 2 aromatic heterocycles. The third-order valence-electron chi connectivity index (χ3n) is 2.67. The molecule has 0 radical (unpaired) electrons. The first kappa shape index (κ1) is 11.3. The number of thiophene rings is 1. The zero-order valence-corrected chi connectivity index (χ0v) is 11.1. The molecule has 1 aliphatic heterocycles. The molecule has 0 amide bonds. The Labute approximate surface area is 108 Å². The van der Waals surface area contributed by atoms with E-state index in [-0.39, 0.29) is 6.10 Å². The summed E-state index contributed by atoms with van der Waals surface area (Å²) in [5.74, 6) is 3.25. The molecule has 1 fully saturated rings. The van der Waals surface area contributed by atoms with Crippen LogP contribution in [0, 0.1) is 6.92 Å². The molecule has 2 aromatic rings. The first-order valence-corrected chi connectivity index (χ1v) is 7.44. The number of nitrogen functional groups attached to an aromatic ring is 1. The number of ether oxygens (including phenoxy) is 1. The quantitative estimate of drug-likeness (QED) is 0.859. The Morgan fingerprint density at radius 2 is 2.35 bits per heavy atom. The molecule has 2 N–H and O–H groups in total. The molecule has 0 aromatic carbocycles. The minimum atomic E-state index is -0.0112. The second kappa shape index (κ2) is 4.44. The third-order valence-corrected chi connectivity index (χ3v) is 4.60. The molecule has 0 spiro atoms. The summed E-state index contributed by atoms with van der Waals surface area (Å²) in [6.45, 7) is 2.82. The van der Waals surface area contributed by atoms with Crippen LogP contribution in [0.2, 0.25) is 0 Å². The van der Waals surface area contributed by atoms with E-state index >= 15 is 0 Å². The summed E-state index contributed by atoms with van der Waals surface area (Å²) < 4.78 is 5.68. The first-order valence-electron chi connectivity index (χ1n) is 5.47. The van der Waals surface area contributed by atoms with Crippen LogP contribution < -0.4 is 5.73 Å². The molecular weight excluding hydrogens is 254 g/mol. The molecular formula is C11H13N3OS2. The highest BCUT2D eigenvalue weighted by molar-refractivity contribution is 7.99. The lowest BCUT2D eigenvalue weighted by atomic mass is 10.3. The Hall–Kier alpha value is -0.850. The molecule has 3 heterocycles. The Balaban J connectivity index is 2.04. The van der Waals surface area contributed by atoms with Gasteiger partial charge < -0.3 is 10.5 Å². The van der Waals surface area contributed by atoms with E-state index in [9.17, 15) is 0 Å². The zero-order valence-electron chi connectivity index (χ0n) is 9.47. The molecule has 1 saturated heterocycles. The van der Waals surface area contributed by atoms with Gasteiger partial charge in [-0.25, -0.2) is 9.97 Å². The van der Waals surface area contributed by atoms with Gasteiger partial charge in [0.25, 0.3) is 0 Å². The fraction of sp³-hybridized carbons (Fsp3) is 0.455. The molecule has 0 bridgehead atoms. The van der Waals surface area contributed by atoms with Gasteiger partial charge in [0.1, 0.15) is 16.8 Å². The monoisotopic (exact) mass is 267 g/mol. The minimum absolute atomic E-state index is 0.0112. The number of rotatable bonds is 1. The van der Waals surface area contributed by atoms with Crippen molar-refractivity contribution in [2.24, 2.45) is 0 Å². The molecule has 4 nitrogen and oxygen atoms in total. The van der Waals surface area contributed by atoms with Crippen LogP contribution in [0.3, 0.4) is 0 Å². The number of aromatic nitrogens is 2. The second-order valence-corrected chi connectivity index (χ2v) is 6.36. The highest BCUT2D eigenvalue weighted by Crippen LogP contribution is 2.30. The van der Waals surface area contributed by atoms with Crippen molar-refractivity contribution < 1.29 is 4.74 Å². The van der Waals surface area contributed by atoms with Crippen LogP contribution in [0.4, 0.5) is 5.82 Å². The lowest BCUT2D eigenvalue weighted by Crippen LogP contribution is -2.18. The second-order valence-electron chi connectivity index (χ2n) is 3.98. The van der Waals surface area contributed by atoms with Crippen molar-refractivity contribution in [1.29, 1.82) is 0 Å². The van der Waals surface area contributed by atoms with Crippen LogP contribution in [0.1, 0.15) is 16.8 Å². The van der Waals surface area contributed by atoms with E-state index in [2.05, 4.69) is 16.9 Å². The molecule has 1 atom stereocenters. The molecule has 3 rings (SSSR count). The smallest absolute Gasteiger partial charge is 0.162 e. The van der Waals surface area contributed by atoms with Gasteiger partial charge in [0, 0.05) is 16.4 Å². The average Bonchev–Trinajstić information content (AvgIpc) is 2.71. The molecule has 0 aliphatic carbocycles. The van der Waals surface area contributed by atoms with Crippen molar-refractivity contribution in [3.05, 3.63) is 16.8 Å². The number of aryl methyl sites for hydroxylation is 1. The van der Waals surface area contributed by atoms with E-state index in [0.29, 0.717) is 5.82 Å². The van der Waals surface area contributed by atoms with Gasteiger partial charge in [0.05, 0.1) is 12.0 Å². The van der Waals surface area contributed by atoms with Gasteiger partial charge in [-0.15, -0.1) is 11.3 Å². The molecule has 1 aliphatic rings. The maximum Gasteiger partial charge on any atom is 0.162 e. The van der Waals surface area contributed by atoms with Gasteiger partial charge >= 0.3 is 0 Å². The highest BCUT2D eigenvalue weighted by atomic mass is 32.2. The average molecular weight is 267 g/mol. The number of hydrogen-bond acceptors (Lipinski definition) is 6. The Morgan fingerprint density at radius 1 is 1.47 bits per heavy atom. The third kappa shape index (κ3) is 2.12. The van der Waals surface area contributed by atoms with E-state index in [1.807, 2.05) is 17.8 Å². The predicted molar refractivity (Wildman–Crippen MR) is 72.6 cm³/mol. The molecule has 90 valence electrons. The van der Waals surface area contributed by atoms with Crippen molar-refractivity contribution >= 4 is 39.1 Å². The van der Waals surface area contributed by atoms with Crippen LogP contribution >= 0.6 is 23.1 Å². The van der Waals surface area contributed by atoms with E-state index < -0.39 is 0 Å². The van der Waals surface area contributed by atoms with Crippen molar-refractivity contribution in [1.82, 2.24) is 9.97 Å². The zero-order chi connectivity index (χ0) is 11.8. The van der Waals surface area contributed by atoms with Gasteiger partial charge in [0.15, 0.2) is 5.82 Å². The van der Waals surface area contributed by atoms with Crippen LogP contribution in [0.25, 0.3) is 10.2 Å². The van der Waals surface area contributed by atoms with Crippen LogP contribution in [-0.4, -0.2) is 28.1 Å². The number of nitrogens with two attached hydrogens (primary N) is 1. The minimum Gasteiger partial charge on any atom is -0.383 e. The Morgan fingerprint density at radius 3 is 3.12 bits per heavy atom. The predicted octanol–water partition coefficient (Wildman–Crippen LogP) is 2.39. The van der Waals surface area contributed by atoms with Gasteiger partial charge in [-0.2, -0.15) is 11.8 Å². The van der Waals surface area contributed by atoms with Gasteiger partial charge in [-0.1, -0.05) is 0 Å². The molecule has 1 unspecified atom stereocenters. The van der Waals surface area contributed by atoms with E-state index in [1.165, 1.54) is 4.88 Å². The summed E-state index contributed by atoms with van der Waals surface area (Å²) in [5.41, 5.74) is 5.97. The van der Waals surface area contributed by atoms with E-state index in [4.69, 9.17) is 10.5 Å². The van der Waals surface area contributed by atoms with Crippen LogP contribution in [-0.2, 0) is 4.74 Å². The van der Waals surface area contributed by atoms with Gasteiger partial charge in [0.2, 0.25) is 0 Å². The summed E-state index contributed by atoms with van der Waals surface area (Å²) in [6.07, 6.45) is -0.0112. The summed E-state index contributed by atoms with van der Waals surface area (Å²) in [7, 11) is 0. The molecule has 17 heavy (non-hydrogen) atoms. The van der Waals surface area contributed by atoms with Crippen molar-refractivity contribution in [3.8, 4) is 0 Å². The number of fused-ring (bicyclic) bond motifs is 1. The lowest BCUT2D eigenvalue weighted by molar-refractivity contribution is 0.0698. The maximum atomic E-state index is 5.97. The number of anilines is 1. The Bertz CT molecular complexity index is 549. The van der Waals surface area contributed by atoms with Gasteiger partial charge in [-0.05, 0) is 13.0 Å². The molecule has 0 saturated carbocycles. The number of hydrogen-bond donors (Lipinski definition) is 1. The Kier molecular flexibility index (Phi) is 2.94. The van der Waals surface area contributed by atoms with Crippen molar-refractivity contribution in [2.45, 2.75) is 13.0 Å². The maximum absolute atomic E-state index is 5.97. The normalized spacial score (nSPS) is 20.9. The largest absolute Gasteiger partial charge is 0.383 e. The molecule has 6 heteroatoms. The van der Waals surface area contributed by atoms with E-state index in [1.54, 1.807) is 11.3 Å². The lowest BCUT2D eigenvalue weighted by Gasteiger charge is -2.20. The fourth-order valence-electron chi connectivity index (χ4n) is 1.86. The topological polar surface area (TPSA) is 61.0 Å². The van der Waals surface area contributed by atoms with Gasteiger partial charge in [-0.3, -0.25) is 0 Å². The number of nitrogens with zero attached hydrogens (tertiary/aromatic N) is 2. The highest BCUT2D eigenvalue weighted by Gasteiger charge is 2.21. The standard InChI is InChI=1S/C11H13N3OS2/c1-6-4-7-9(12)13-10(14-11(7)17-6)8-5-16-3-2-15-8/h4,8H,2-3,5H2,1H3,(H2,12,13,14). The van der Waals surface area contributed by atoms with Crippen LogP contribution in [0.15, 0.2) is 6.07 Å². The van der Waals surface area contributed by atoms with Crippen molar-refractivity contribution in [3.63, 3.8) is 0 Å². The number of thioether (sulfide) groups is 1.